The van der Waals surface area contributed by atoms with Crippen LogP contribution in [0.1, 0.15) is 11.1 Å². The molecule has 0 saturated heterocycles. The lowest BCUT2D eigenvalue weighted by atomic mass is 10.1. The van der Waals surface area contributed by atoms with E-state index in [1.54, 1.807) is 6.07 Å². The largest absolute Gasteiger partial charge is 0.411 e. The Hall–Kier alpha value is -1.89. The van der Waals surface area contributed by atoms with Gasteiger partial charge in [-0.3, -0.25) is 0 Å². The van der Waals surface area contributed by atoms with Crippen molar-refractivity contribution >= 4 is 6.21 Å². The molecule has 0 aromatic heterocycles. The van der Waals surface area contributed by atoms with Gasteiger partial charge in [0.05, 0.1) is 11.8 Å². The third-order valence-corrected chi connectivity index (χ3v) is 1.32. The normalized spacial score (nSPS) is 10.0. The van der Waals surface area contributed by atoms with Gasteiger partial charge in [0, 0.05) is 0 Å². The summed E-state index contributed by atoms with van der Waals surface area (Å²) in [5.41, 5.74) is 0.419. The Morgan fingerprint density at radius 2 is 2.33 bits per heavy atom. The van der Waals surface area contributed by atoms with Gasteiger partial charge in [-0.05, 0) is 17.7 Å². The van der Waals surface area contributed by atoms with Crippen molar-refractivity contribution in [2.45, 2.75) is 0 Å². The van der Waals surface area contributed by atoms with Crippen LogP contribution in [0.15, 0.2) is 23.4 Å². The van der Waals surface area contributed by atoms with Crippen molar-refractivity contribution in [2.75, 3.05) is 0 Å². The van der Waals surface area contributed by atoms with Crippen LogP contribution >= 0.6 is 0 Å². The predicted molar refractivity (Wildman–Crippen MR) is 40.5 cm³/mol. The maximum Gasteiger partial charge on any atom is 0.140 e. The fourth-order valence-electron chi connectivity index (χ4n) is 0.776. The standard InChI is InChI=1S/C8H5FN2O/c9-8-2-1-6(5-11-12)3-7(8)4-10/h1-3,5,12H/b11-5+. The van der Waals surface area contributed by atoms with E-state index in [0.29, 0.717) is 5.56 Å². The third kappa shape index (κ3) is 1.58. The Labute approximate surface area is 68.4 Å². The lowest BCUT2D eigenvalue weighted by Gasteiger charge is -1.93. The van der Waals surface area contributed by atoms with Crippen LogP contribution in [0, 0.1) is 17.1 Å². The van der Waals surface area contributed by atoms with E-state index in [2.05, 4.69) is 5.16 Å². The highest BCUT2D eigenvalue weighted by atomic mass is 19.1. The Kier molecular flexibility index (Phi) is 2.38. The molecule has 0 bridgehead atoms. The smallest absolute Gasteiger partial charge is 0.140 e. The summed E-state index contributed by atoms with van der Waals surface area (Å²) in [5.74, 6) is -0.576. The van der Waals surface area contributed by atoms with E-state index >= 15 is 0 Å². The van der Waals surface area contributed by atoms with E-state index < -0.39 is 5.82 Å². The molecule has 0 saturated carbocycles. The van der Waals surface area contributed by atoms with Gasteiger partial charge >= 0.3 is 0 Å². The Bertz CT molecular complexity index is 355. The Morgan fingerprint density at radius 1 is 1.58 bits per heavy atom. The van der Waals surface area contributed by atoms with Gasteiger partial charge in [0.15, 0.2) is 0 Å². The summed E-state index contributed by atoms with van der Waals surface area (Å²) >= 11 is 0. The molecule has 1 N–H and O–H groups in total. The van der Waals surface area contributed by atoms with E-state index in [4.69, 9.17) is 10.5 Å². The summed E-state index contributed by atoms with van der Waals surface area (Å²) < 4.78 is 12.7. The minimum Gasteiger partial charge on any atom is -0.411 e. The summed E-state index contributed by atoms with van der Waals surface area (Å²) in [4.78, 5) is 0. The second-order valence-electron chi connectivity index (χ2n) is 2.10. The Balaban J connectivity index is 3.16. The van der Waals surface area contributed by atoms with E-state index in [-0.39, 0.29) is 5.56 Å². The van der Waals surface area contributed by atoms with E-state index in [9.17, 15) is 4.39 Å². The summed E-state index contributed by atoms with van der Waals surface area (Å²) in [6, 6.07) is 5.54. The monoisotopic (exact) mass is 164 g/mol. The van der Waals surface area contributed by atoms with Crippen LogP contribution in [0.4, 0.5) is 4.39 Å². The number of halogens is 1. The van der Waals surface area contributed by atoms with Gasteiger partial charge in [-0.25, -0.2) is 4.39 Å². The number of nitriles is 1. The minimum absolute atomic E-state index is 0.0626. The molecule has 0 spiro atoms. The van der Waals surface area contributed by atoms with Crippen molar-refractivity contribution in [2.24, 2.45) is 5.16 Å². The van der Waals surface area contributed by atoms with Crippen molar-refractivity contribution < 1.29 is 9.60 Å². The first-order chi connectivity index (χ1) is 5.77. The molecule has 4 heteroatoms. The van der Waals surface area contributed by atoms with Gasteiger partial charge in [-0.15, -0.1) is 0 Å². The zero-order chi connectivity index (χ0) is 8.97. The molecular formula is C8H5FN2O. The summed E-state index contributed by atoms with van der Waals surface area (Å²) in [7, 11) is 0. The fourth-order valence-corrected chi connectivity index (χ4v) is 0.776. The molecule has 60 valence electrons. The average molecular weight is 164 g/mol. The molecule has 3 nitrogen and oxygen atoms in total. The highest BCUT2D eigenvalue weighted by Gasteiger charge is 2.00. The molecule has 0 unspecified atom stereocenters. The molecule has 0 radical (unpaired) electrons. The zero-order valence-electron chi connectivity index (χ0n) is 6.03. The molecule has 0 atom stereocenters. The van der Waals surface area contributed by atoms with Gasteiger partial charge in [-0.2, -0.15) is 5.26 Å². The first kappa shape index (κ1) is 8.21. The topological polar surface area (TPSA) is 56.4 Å². The van der Waals surface area contributed by atoms with Gasteiger partial charge in [0.25, 0.3) is 0 Å². The summed E-state index contributed by atoms with van der Waals surface area (Å²) in [6.07, 6.45) is 1.13. The predicted octanol–water partition coefficient (Wildman–Crippen LogP) is 1.51. The fraction of sp³-hybridized carbons (Fsp3) is 0. The minimum atomic E-state index is -0.576. The number of hydrogen-bond acceptors (Lipinski definition) is 3. The number of rotatable bonds is 1. The van der Waals surface area contributed by atoms with Crippen LogP contribution in [0.25, 0.3) is 0 Å². The molecule has 1 aromatic rings. The lowest BCUT2D eigenvalue weighted by Crippen LogP contribution is -1.87. The van der Waals surface area contributed by atoms with Crippen LogP contribution in [0.3, 0.4) is 0 Å². The maximum absolute atomic E-state index is 12.7. The lowest BCUT2D eigenvalue weighted by molar-refractivity contribution is 0.322. The average Bonchev–Trinajstić information content (AvgIpc) is 2.09. The molecular weight excluding hydrogens is 159 g/mol. The zero-order valence-corrected chi connectivity index (χ0v) is 6.03. The van der Waals surface area contributed by atoms with E-state index in [1.807, 2.05) is 0 Å². The number of benzene rings is 1. The van der Waals surface area contributed by atoms with E-state index in [0.717, 1.165) is 12.3 Å². The van der Waals surface area contributed by atoms with Crippen molar-refractivity contribution in [3.8, 4) is 6.07 Å². The van der Waals surface area contributed by atoms with E-state index in [1.165, 1.54) is 12.1 Å². The van der Waals surface area contributed by atoms with Gasteiger partial charge in [0.1, 0.15) is 11.9 Å². The second-order valence-corrected chi connectivity index (χ2v) is 2.10. The van der Waals surface area contributed by atoms with Crippen molar-refractivity contribution in [1.29, 1.82) is 5.26 Å². The maximum atomic E-state index is 12.7. The van der Waals surface area contributed by atoms with Crippen LogP contribution in [0.2, 0.25) is 0 Å². The molecule has 1 rings (SSSR count). The summed E-state index contributed by atoms with van der Waals surface area (Å²) in [6.45, 7) is 0. The molecule has 0 heterocycles. The first-order valence-corrected chi connectivity index (χ1v) is 3.15. The van der Waals surface area contributed by atoms with Crippen LogP contribution < -0.4 is 0 Å². The highest BCUT2D eigenvalue weighted by Crippen LogP contribution is 2.07. The highest BCUT2D eigenvalue weighted by molar-refractivity contribution is 5.79. The molecule has 0 amide bonds. The van der Waals surface area contributed by atoms with Crippen molar-refractivity contribution in [3.63, 3.8) is 0 Å². The summed E-state index contributed by atoms with van der Waals surface area (Å²) in [5, 5.41) is 19.3. The first-order valence-electron chi connectivity index (χ1n) is 3.15. The number of nitrogens with zero attached hydrogens (tertiary/aromatic N) is 2. The van der Waals surface area contributed by atoms with Gasteiger partial charge in [0.2, 0.25) is 0 Å². The van der Waals surface area contributed by atoms with Crippen molar-refractivity contribution in [1.82, 2.24) is 0 Å². The SMILES string of the molecule is N#Cc1cc(/C=N/O)ccc1F. The Morgan fingerprint density at radius 3 is 2.92 bits per heavy atom. The second kappa shape index (κ2) is 3.49. The molecule has 0 fully saturated rings. The van der Waals surface area contributed by atoms with Crippen molar-refractivity contribution in [3.05, 3.63) is 35.1 Å². The molecule has 1 aromatic carbocycles. The third-order valence-electron chi connectivity index (χ3n) is 1.32. The van der Waals surface area contributed by atoms with Crippen LogP contribution in [-0.4, -0.2) is 11.4 Å². The molecule has 12 heavy (non-hydrogen) atoms. The van der Waals surface area contributed by atoms with Crippen LogP contribution in [-0.2, 0) is 0 Å². The number of hydrogen-bond donors (Lipinski definition) is 1. The van der Waals surface area contributed by atoms with Gasteiger partial charge in [-0.1, -0.05) is 11.2 Å². The molecule has 0 aliphatic carbocycles. The van der Waals surface area contributed by atoms with Gasteiger partial charge < -0.3 is 5.21 Å². The number of oxime groups is 1. The van der Waals surface area contributed by atoms with Crippen LogP contribution in [0.5, 0.6) is 0 Å². The molecule has 0 aliphatic heterocycles. The molecule has 0 aliphatic rings. The quantitative estimate of drug-likeness (QED) is 0.388.